The van der Waals surface area contributed by atoms with Crippen LogP contribution in [-0.2, 0) is 11.8 Å². The summed E-state index contributed by atoms with van der Waals surface area (Å²) in [5, 5.41) is 0. The van der Waals surface area contributed by atoms with Crippen LogP contribution in [0.5, 0.6) is 0 Å². The fourth-order valence-corrected chi connectivity index (χ4v) is 3.01. The minimum atomic E-state index is -0.218. The predicted octanol–water partition coefficient (Wildman–Crippen LogP) is 3.83. The first-order chi connectivity index (χ1) is 10.2. The summed E-state index contributed by atoms with van der Waals surface area (Å²) in [4.78, 5) is 19.7. The lowest BCUT2D eigenvalue weighted by atomic mass is 9.75. The van der Waals surface area contributed by atoms with Gasteiger partial charge in [0.2, 0.25) is 0 Å². The third-order valence-electron chi connectivity index (χ3n) is 4.29. The molecule has 21 heavy (non-hydrogen) atoms. The maximum atomic E-state index is 12.0. The van der Waals surface area contributed by atoms with Gasteiger partial charge in [0.1, 0.15) is 5.82 Å². The van der Waals surface area contributed by atoms with Crippen molar-refractivity contribution < 1.29 is 0 Å². The highest BCUT2D eigenvalue weighted by Gasteiger charge is 2.33. The summed E-state index contributed by atoms with van der Waals surface area (Å²) in [6, 6.07) is 12.0. The van der Waals surface area contributed by atoms with Gasteiger partial charge >= 0.3 is 0 Å². The average Bonchev–Trinajstić information content (AvgIpc) is 2.50. The van der Waals surface area contributed by atoms with Crippen LogP contribution in [0.1, 0.15) is 57.1 Å². The standard InChI is InChI=1S/C18H24N2O/c1-4-10-15-13-16(21)20-17(19-15)18(5-2,6-3)14-11-8-7-9-12-14/h7-9,11-13H,4-6,10H2,1-3H3,(H,19,20,21). The van der Waals surface area contributed by atoms with E-state index in [-0.39, 0.29) is 11.0 Å². The topological polar surface area (TPSA) is 45.8 Å². The molecular formula is C18H24N2O. The molecule has 1 aromatic heterocycles. The lowest BCUT2D eigenvalue weighted by molar-refractivity contribution is 0.445. The van der Waals surface area contributed by atoms with Gasteiger partial charge in [-0.3, -0.25) is 4.79 Å². The molecule has 0 aliphatic heterocycles. The molecule has 0 spiro atoms. The molecule has 112 valence electrons. The molecule has 0 unspecified atom stereocenters. The van der Waals surface area contributed by atoms with E-state index in [0.717, 1.165) is 37.2 Å². The van der Waals surface area contributed by atoms with E-state index in [4.69, 9.17) is 4.98 Å². The van der Waals surface area contributed by atoms with Crippen molar-refractivity contribution in [2.45, 2.75) is 51.9 Å². The minimum absolute atomic E-state index is 0.0503. The van der Waals surface area contributed by atoms with Gasteiger partial charge in [-0.25, -0.2) is 4.98 Å². The third kappa shape index (κ3) is 3.07. The average molecular weight is 284 g/mol. The molecule has 1 heterocycles. The molecule has 0 amide bonds. The molecular weight excluding hydrogens is 260 g/mol. The zero-order chi connectivity index (χ0) is 15.3. The molecule has 0 fully saturated rings. The van der Waals surface area contributed by atoms with Crippen LogP contribution in [0.4, 0.5) is 0 Å². The maximum Gasteiger partial charge on any atom is 0.251 e. The first-order valence-electron chi connectivity index (χ1n) is 7.82. The first-order valence-corrected chi connectivity index (χ1v) is 7.82. The van der Waals surface area contributed by atoms with Gasteiger partial charge in [0.05, 0.1) is 5.41 Å². The van der Waals surface area contributed by atoms with E-state index in [1.165, 1.54) is 5.56 Å². The fourth-order valence-electron chi connectivity index (χ4n) is 3.01. The number of hydrogen-bond acceptors (Lipinski definition) is 2. The van der Waals surface area contributed by atoms with Crippen LogP contribution in [0.3, 0.4) is 0 Å². The van der Waals surface area contributed by atoms with Crippen molar-refractivity contribution in [2.24, 2.45) is 0 Å². The Labute approximate surface area is 126 Å². The number of nitrogens with zero attached hydrogens (tertiary/aromatic N) is 1. The Morgan fingerprint density at radius 2 is 1.76 bits per heavy atom. The van der Waals surface area contributed by atoms with E-state index in [2.05, 4.69) is 37.9 Å². The summed E-state index contributed by atoms with van der Waals surface area (Å²) in [6.45, 7) is 6.42. The molecule has 1 aromatic carbocycles. The van der Waals surface area contributed by atoms with Crippen LogP contribution in [0, 0.1) is 0 Å². The van der Waals surface area contributed by atoms with Crippen molar-refractivity contribution in [3.05, 3.63) is 63.8 Å². The molecule has 3 heteroatoms. The summed E-state index contributed by atoms with van der Waals surface area (Å²) in [5.41, 5.74) is 1.83. The van der Waals surface area contributed by atoms with Crippen molar-refractivity contribution in [2.75, 3.05) is 0 Å². The first kappa shape index (κ1) is 15.5. The monoisotopic (exact) mass is 284 g/mol. The zero-order valence-corrected chi connectivity index (χ0v) is 13.1. The Morgan fingerprint density at radius 3 is 2.33 bits per heavy atom. The van der Waals surface area contributed by atoms with Crippen LogP contribution in [0.2, 0.25) is 0 Å². The molecule has 0 saturated heterocycles. The zero-order valence-electron chi connectivity index (χ0n) is 13.1. The fraction of sp³-hybridized carbons (Fsp3) is 0.444. The lowest BCUT2D eigenvalue weighted by Gasteiger charge is -2.31. The molecule has 0 saturated carbocycles. The number of aryl methyl sites for hydroxylation is 1. The Kier molecular flexibility index (Phi) is 4.94. The van der Waals surface area contributed by atoms with Crippen molar-refractivity contribution in [3.8, 4) is 0 Å². The van der Waals surface area contributed by atoms with E-state index in [9.17, 15) is 4.79 Å². The number of nitrogens with one attached hydrogen (secondary N) is 1. The number of aromatic nitrogens is 2. The van der Waals surface area contributed by atoms with Crippen LogP contribution < -0.4 is 5.56 Å². The highest BCUT2D eigenvalue weighted by Crippen LogP contribution is 2.36. The van der Waals surface area contributed by atoms with Gasteiger partial charge in [0.15, 0.2) is 0 Å². The number of benzene rings is 1. The normalized spacial score (nSPS) is 11.6. The van der Waals surface area contributed by atoms with E-state index in [1.54, 1.807) is 6.07 Å². The Bertz CT molecular complexity index is 627. The van der Waals surface area contributed by atoms with Gasteiger partial charge in [0, 0.05) is 11.8 Å². The molecule has 3 nitrogen and oxygen atoms in total. The Hall–Kier alpha value is -1.90. The van der Waals surface area contributed by atoms with Gasteiger partial charge in [-0.1, -0.05) is 57.5 Å². The van der Waals surface area contributed by atoms with Gasteiger partial charge in [0.25, 0.3) is 5.56 Å². The van der Waals surface area contributed by atoms with Crippen LogP contribution in [0.15, 0.2) is 41.2 Å². The number of aromatic amines is 1. The van der Waals surface area contributed by atoms with Gasteiger partial charge in [-0.2, -0.15) is 0 Å². The molecule has 1 N–H and O–H groups in total. The highest BCUT2D eigenvalue weighted by atomic mass is 16.1. The summed E-state index contributed by atoms with van der Waals surface area (Å²) >= 11 is 0. The van der Waals surface area contributed by atoms with Crippen molar-refractivity contribution in [1.29, 1.82) is 0 Å². The molecule has 2 rings (SSSR count). The Balaban J connectivity index is 2.60. The number of H-pyrrole nitrogens is 1. The second-order valence-electron chi connectivity index (χ2n) is 5.49. The molecule has 0 bridgehead atoms. The van der Waals surface area contributed by atoms with E-state index < -0.39 is 0 Å². The van der Waals surface area contributed by atoms with E-state index in [0.29, 0.717) is 0 Å². The lowest BCUT2D eigenvalue weighted by Crippen LogP contribution is -2.31. The summed E-state index contributed by atoms with van der Waals surface area (Å²) < 4.78 is 0. The largest absolute Gasteiger partial charge is 0.310 e. The molecule has 0 radical (unpaired) electrons. The van der Waals surface area contributed by atoms with Crippen molar-refractivity contribution in [3.63, 3.8) is 0 Å². The summed E-state index contributed by atoms with van der Waals surface area (Å²) in [5.74, 6) is 0.801. The molecule has 0 atom stereocenters. The molecule has 2 aromatic rings. The van der Waals surface area contributed by atoms with Crippen LogP contribution >= 0.6 is 0 Å². The number of rotatable bonds is 6. The molecule has 0 aliphatic rings. The summed E-state index contributed by atoms with van der Waals surface area (Å²) in [6.07, 6.45) is 3.65. The summed E-state index contributed by atoms with van der Waals surface area (Å²) in [7, 11) is 0. The second kappa shape index (κ2) is 6.70. The minimum Gasteiger partial charge on any atom is -0.310 e. The van der Waals surface area contributed by atoms with E-state index >= 15 is 0 Å². The van der Waals surface area contributed by atoms with Gasteiger partial charge < -0.3 is 4.98 Å². The Morgan fingerprint density at radius 1 is 1.10 bits per heavy atom. The quantitative estimate of drug-likeness (QED) is 0.876. The van der Waals surface area contributed by atoms with Crippen LogP contribution in [0.25, 0.3) is 0 Å². The molecule has 0 aliphatic carbocycles. The van der Waals surface area contributed by atoms with E-state index in [1.807, 2.05) is 18.2 Å². The highest BCUT2D eigenvalue weighted by molar-refractivity contribution is 5.33. The van der Waals surface area contributed by atoms with Gasteiger partial charge in [-0.15, -0.1) is 0 Å². The smallest absolute Gasteiger partial charge is 0.251 e. The van der Waals surface area contributed by atoms with Crippen LogP contribution in [-0.4, -0.2) is 9.97 Å². The third-order valence-corrected chi connectivity index (χ3v) is 4.29. The van der Waals surface area contributed by atoms with Gasteiger partial charge in [-0.05, 0) is 24.8 Å². The predicted molar refractivity (Wildman–Crippen MR) is 86.7 cm³/mol. The maximum absolute atomic E-state index is 12.0. The SMILES string of the molecule is CCCc1cc(=O)[nH]c(C(CC)(CC)c2ccccc2)n1. The van der Waals surface area contributed by atoms with Crippen molar-refractivity contribution in [1.82, 2.24) is 9.97 Å². The number of hydrogen-bond donors (Lipinski definition) is 1. The second-order valence-corrected chi connectivity index (χ2v) is 5.49. The van der Waals surface area contributed by atoms with Crippen molar-refractivity contribution >= 4 is 0 Å².